The minimum Gasteiger partial charge on any atom is -0.352 e. The molecule has 1 aromatic rings. The van der Waals surface area contributed by atoms with Crippen molar-refractivity contribution in [2.75, 3.05) is 11.9 Å². The third-order valence-electron chi connectivity index (χ3n) is 3.99. The van der Waals surface area contributed by atoms with E-state index < -0.39 is 5.82 Å². The molecule has 0 aliphatic heterocycles. The molecule has 1 aromatic carbocycles. The van der Waals surface area contributed by atoms with Gasteiger partial charge in [0.1, 0.15) is 0 Å². The van der Waals surface area contributed by atoms with Crippen molar-refractivity contribution in [3.8, 4) is 0 Å². The fraction of sp³-hybridized carbons (Fsp3) is 0.533. The van der Waals surface area contributed by atoms with Crippen molar-refractivity contribution in [2.45, 2.75) is 25.7 Å². The molecule has 5 heteroatoms. The summed E-state index contributed by atoms with van der Waals surface area (Å²) in [6, 6.07) is 4.48. The zero-order chi connectivity index (χ0) is 14.5. The van der Waals surface area contributed by atoms with Gasteiger partial charge >= 0.3 is 0 Å². The minimum atomic E-state index is -0.646. The van der Waals surface area contributed by atoms with Crippen LogP contribution < -0.4 is 5.32 Å². The molecular weight excluding hydrogens is 345 g/mol. The highest BCUT2D eigenvalue weighted by Gasteiger charge is 2.25. The van der Waals surface area contributed by atoms with Crippen LogP contribution in [0, 0.1) is 17.7 Å². The average molecular weight is 363 g/mol. The van der Waals surface area contributed by atoms with E-state index in [1.54, 1.807) is 6.07 Å². The molecule has 2 unspecified atom stereocenters. The third-order valence-corrected chi connectivity index (χ3v) is 5.11. The molecule has 0 heterocycles. The second-order valence-electron chi connectivity index (χ2n) is 5.27. The number of carbonyl (C=O) groups is 1. The number of halogens is 3. The number of nitrogens with one attached hydrogen (secondary N) is 1. The summed E-state index contributed by atoms with van der Waals surface area (Å²) in [6.45, 7) is 0.598. The monoisotopic (exact) mass is 361 g/mol. The Balaban J connectivity index is 1.96. The van der Waals surface area contributed by atoms with Crippen molar-refractivity contribution in [2.24, 2.45) is 11.8 Å². The van der Waals surface area contributed by atoms with Crippen LogP contribution in [0.25, 0.3) is 0 Å². The van der Waals surface area contributed by atoms with Gasteiger partial charge in [0.05, 0.1) is 10.6 Å². The Labute approximate surface area is 132 Å². The lowest BCUT2D eigenvalue weighted by atomic mass is 9.80. The standard InChI is InChI=1S/C15H18BrClFNO/c16-8-10-4-1-2-5-11(10)9-19-15(20)12-6-3-7-13(17)14(12)18/h3,6-7,10-11H,1-2,4-5,8-9H2,(H,19,20). The lowest BCUT2D eigenvalue weighted by Crippen LogP contribution is -2.35. The highest BCUT2D eigenvalue weighted by molar-refractivity contribution is 9.09. The van der Waals surface area contributed by atoms with Gasteiger partial charge in [0.15, 0.2) is 5.82 Å². The summed E-state index contributed by atoms with van der Waals surface area (Å²) in [6.07, 6.45) is 4.77. The van der Waals surface area contributed by atoms with Crippen LogP contribution in [0.2, 0.25) is 5.02 Å². The van der Waals surface area contributed by atoms with Gasteiger partial charge in [-0.1, -0.05) is 46.4 Å². The number of carbonyl (C=O) groups excluding carboxylic acids is 1. The van der Waals surface area contributed by atoms with Gasteiger partial charge in [0, 0.05) is 11.9 Å². The van der Waals surface area contributed by atoms with Crippen LogP contribution in [0.4, 0.5) is 4.39 Å². The Morgan fingerprint density at radius 1 is 1.35 bits per heavy atom. The highest BCUT2D eigenvalue weighted by Crippen LogP contribution is 2.30. The van der Waals surface area contributed by atoms with E-state index in [1.807, 2.05) is 0 Å². The third kappa shape index (κ3) is 3.73. The maximum absolute atomic E-state index is 13.8. The molecule has 0 radical (unpaired) electrons. The Morgan fingerprint density at radius 2 is 2.05 bits per heavy atom. The summed E-state index contributed by atoms with van der Waals surface area (Å²) >= 11 is 9.23. The number of amides is 1. The van der Waals surface area contributed by atoms with Crippen LogP contribution in [0.5, 0.6) is 0 Å². The normalized spacial score (nSPS) is 22.6. The second-order valence-corrected chi connectivity index (χ2v) is 6.33. The maximum atomic E-state index is 13.8. The van der Waals surface area contributed by atoms with E-state index in [9.17, 15) is 9.18 Å². The summed E-state index contributed by atoms with van der Waals surface area (Å²) in [5.74, 6) is 0.0267. The van der Waals surface area contributed by atoms with E-state index in [4.69, 9.17) is 11.6 Å². The first kappa shape index (κ1) is 15.8. The molecular formula is C15H18BrClFNO. The molecule has 0 aromatic heterocycles. The van der Waals surface area contributed by atoms with Crippen LogP contribution in [-0.4, -0.2) is 17.8 Å². The molecule has 1 aliphatic rings. The van der Waals surface area contributed by atoms with E-state index >= 15 is 0 Å². The summed E-state index contributed by atoms with van der Waals surface area (Å²) in [5.41, 5.74) is 0.0173. The van der Waals surface area contributed by atoms with E-state index in [1.165, 1.54) is 31.4 Å². The number of alkyl halides is 1. The summed E-state index contributed by atoms with van der Waals surface area (Å²) in [5, 5.41) is 3.78. The van der Waals surface area contributed by atoms with Crippen LogP contribution in [-0.2, 0) is 0 Å². The molecule has 20 heavy (non-hydrogen) atoms. The summed E-state index contributed by atoms with van der Waals surface area (Å²) in [7, 11) is 0. The molecule has 2 nitrogen and oxygen atoms in total. The highest BCUT2D eigenvalue weighted by atomic mass is 79.9. The van der Waals surface area contributed by atoms with Crippen molar-refractivity contribution in [3.05, 3.63) is 34.6 Å². The van der Waals surface area contributed by atoms with E-state index in [0.29, 0.717) is 18.4 Å². The first-order chi connectivity index (χ1) is 9.63. The van der Waals surface area contributed by atoms with Gasteiger partial charge in [-0.25, -0.2) is 4.39 Å². The van der Waals surface area contributed by atoms with Crippen molar-refractivity contribution >= 4 is 33.4 Å². The van der Waals surface area contributed by atoms with Crippen LogP contribution in [0.3, 0.4) is 0 Å². The Bertz CT molecular complexity index is 483. The lowest BCUT2D eigenvalue weighted by Gasteiger charge is -2.30. The summed E-state index contributed by atoms with van der Waals surface area (Å²) in [4.78, 5) is 12.0. The molecule has 1 saturated carbocycles. The molecule has 1 N–H and O–H groups in total. The topological polar surface area (TPSA) is 29.1 Å². The lowest BCUT2D eigenvalue weighted by molar-refractivity contribution is 0.0933. The SMILES string of the molecule is O=C(NCC1CCCCC1CBr)c1cccc(Cl)c1F. The van der Waals surface area contributed by atoms with Gasteiger partial charge in [-0.15, -0.1) is 0 Å². The number of benzene rings is 1. The van der Waals surface area contributed by atoms with Crippen molar-refractivity contribution in [3.63, 3.8) is 0 Å². The van der Waals surface area contributed by atoms with Gasteiger partial charge in [0.2, 0.25) is 0 Å². The first-order valence-electron chi connectivity index (χ1n) is 6.91. The molecule has 0 saturated heterocycles. The number of rotatable bonds is 4. The molecule has 0 spiro atoms. The van der Waals surface area contributed by atoms with Gasteiger partial charge in [-0.05, 0) is 36.8 Å². The van der Waals surface area contributed by atoms with Gasteiger partial charge in [0.25, 0.3) is 5.91 Å². The van der Waals surface area contributed by atoms with Gasteiger partial charge in [-0.3, -0.25) is 4.79 Å². The number of hydrogen-bond acceptors (Lipinski definition) is 1. The second kappa shape index (κ2) is 7.41. The zero-order valence-corrected chi connectivity index (χ0v) is 13.5. The number of hydrogen-bond donors (Lipinski definition) is 1. The maximum Gasteiger partial charge on any atom is 0.254 e. The predicted octanol–water partition coefficient (Wildman–Crippen LogP) is 4.41. The first-order valence-corrected chi connectivity index (χ1v) is 8.41. The van der Waals surface area contributed by atoms with Gasteiger partial charge in [-0.2, -0.15) is 0 Å². The van der Waals surface area contributed by atoms with E-state index in [2.05, 4.69) is 21.2 Å². The fourth-order valence-corrected chi connectivity index (χ4v) is 3.78. The Morgan fingerprint density at radius 3 is 2.75 bits per heavy atom. The van der Waals surface area contributed by atoms with Crippen molar-refractivity contribution in [1.82, 2.24) is 5.32 Å². The average Bonchev–Trinajstić information content (AvgIpc) is 2.48. The van der Waals surface area contributed by atoms with Crippen molar-refractivity contribution < 1.29 is 9.18 Å². The molecule has 1 aliphatic carbocycles. The molecule has 2 rings (SSSR count). The largest absolute Gasteiger partial charge is 0.352 e. The van der Waals surface area contributed by atoms with Crippen LogP contribution in [0.1, 0.15) is 36.0 Å². The Hall–Kier alpha value is -0.610. The molecule has 0 bridgehead atoms. The molecule has 1 amide bonds. The molecule has 2 atom stereocenters. The fourth-order valence-electron chi connectivity index (χ4n) is 2.75. The summed E-state index contributed by atoms with van der Waals surface area (Å²) < 4.78 is 13.8. The molecule has 1 fully saturated rings. The Kier molecular flexibility index (Phi) is 5.85. The van der Waals surface area contributed by atoms with Gasteiger partial charge < -0.3 is 5.32 Å². The predicted molar refractivity (Wildman–Crippen MR) is 83.0 cm³/mol. The quantitative estimate of drug-likeness (QED) is 0.790. The van der Waals surface area contributed by atoms with E-state index in [0.717, 1.165) is 11.8 Å². The van der Waals surface area contributed by atoms with Crippen molar-refractivity contribution in [1.29, 1.82) is 0 Å². The minimum absolute atomic E-state index is 0.0173. The van der Waals surface area contributed by atoms with Crippen LogP contribution >= 0.6 is 27.5 Å². The zero-order valence-electron chi connectivity index (χ0n) is 11.2. The van der Waals surface area contributed by atoms with E-state index in [-0.39, 0.29) is 16.5 Å². The van der Waals surface area contributed by atoms with Crippen LogP contribution in [0.15, 0.2) is 18.2 Å². The smallest absolute Gasteiger partial charge is 0.254 e. The molecule has 110 valence electrons.